The lowest BCUT2D eigenvalue weighted by atomic mass is 10.2. The fourth-order valence-corrected chi connectivity index (χ4v) is 1.64. The van der Waals surface area contributed by atoms with Gasteiger partial charge in [0.15, 0.2) is 11.6 Å². The van der Waals surface area contributed by atoms with Crippen molar-refractivity contribution in [1.29, 1.82) is 0 Å². The summed E-state index contributed by atoms with van der Waals surface area (Å²) < 4.78 is 26.0. The number of aliphatic hydroxyl groups is 1. The van der Waals surface area contributed by atoms with Crippen LogP contribution in [0.1, 0.15) is 10.4 Å². The summed E-state index contributed by atoms with van der Waals surface area (Å²) in [6.45, 7) is 3.45. The van der Waals surface area contributed by atoms with Gasteiger partial charge in [0.2, 0.25) is 0 Å². The molecule has 0 aliphatic rings. The van der Waals surface area contributed by atoms with Crippen molar-refractivity contribution in [3.63, 3.8) is 0 Å². The predicted octanol–water partition coefficient (Wildman–Crippen LogP) is 2.24. The summed E-state index contributed by atoms with van der Waals surface area (Å²) in [6.07, 6.45) is 1.46. The van der Waals surface area contributed by atoms with Crippen LogP contribution in [0.15, 0.2) is 24.8 Å². The molecule has 0 radical (unpaired) electrons. The molecule has 0 aliphatic carbocycles. The summed E-state index contributed by atoms with van der Waals surface area (Å²) in [5.41, 5.74) is -0.147. The third kappa shape index (κ3) is 3.27. The lowest BCUT2D eigenvalue weighted by molar-refractivity contribution is 0.0742. The summed E-state index contributed by atoms with van der Waals surface area (Å²) in [4.78, 5) is 13.2. The van der Waals surface area contributed by atoms with Gasteiger partial charge in [0.1, 0.15) is 0 Å². The number of amides is 1. The molecule has 18 heavy (non-hydrogen) atoms. The monoisotopic (exact) mass is 275 g/mol. The van der Waals surface area contributed by atoms with Crippen molar-refractivity contribution in [3.8, 4) is 0 Å². The second-order valence-electron chi connectivity index (χ2n) is 3.51. The van der Waals surface area contributed by atoms with Crippen LogP contribution in [0.4, 0.5) is 8.78 Å². The Kier molecular flexibility index (Phi) is 5.25. The summed E-state index contributed by atoms with van der Waals surface area (Å²) in [5, 5.41) is 8.66. The number of nitrogens with zero attached hydrogens (tertiary/aromatic N) is 1. The van der Waals surface area contributed by atoms with Crippen molar-refractivity contribution in [3.05, 3.63) is 47.0 Å². The van der Waals surface area contributed by atoms with Gasteiger partial charge < -0.3 is 10.0 Å². The Hall–Kier alpha value is -1.46. The van der Waals surface area contributed by atoms with Gasteiger partial charge in [0.25, 0.3) is 5.91 Å². The Morgan fingerprint density at radius 1 is 1.44 bits per heavy atom. The number of carbonyl (C=O) groups is 1. The highest BCUT2D eigenvalue weighted by molar-refractivity contribution is 6.33. The van der Waals surface area contributed by atoms with Gasteiger partial charge in [0, 0.05) is 13.1 Å². The highest BCUT2D eigenvalue weighted by atomic mass is 35.5. The van der Waals surface area contributed by atoms with Gasteiger partial charge in [-0.25, -0.2) is 8.78 Å². The van der Waals surface area contributed by atoms with Gasteiger partial charge >= 0.3 is 0 Å². The van der Waals surface area contributed by atoms with Crippen LogP contribution in [0, 0.1) is 11.6 Å². The number of benzene rings is 1. The average molecular weight is 276 g/mol. The molecule has 98 valence electrons. The maximum Gasteiger partial charge on any atom is 0.255 e. The van der Waals surface area contributed by atoms with E-state index in [2.05, 4.69) is 6.58 Å². The van der Waals surface area contributed by atoms with E-state index in [1.54, 1.807) is 0 Å². The zero-order chi connectivity index (χ0) is 13.7. The zero-order valence-corrected chi connectivity index (χ0v) is 10.3. The molecule has 0 atom stereocenters. The number of carbonyl (C=O) groups excluding carboxylic acids is 1. The lowest BCUT2D eigenvalue weighted by Crippen LogP contribution is -2.34. The highest BCUT2D eigenvalue weighted by Crippen LogP contribution is 2.21. The zero-order valence-electron chi connectivity index (χ0n) is 9.50. The van der Waals surface area contributed by atoms with Crippen LogP contribution in [-0.4, -0.2) is 35.6 Å². The van der Waals surface area contributed by atoms with Gasteiger partial charge in [-0.2, -0.15) is 0 Å². The molecule has 0 bridgehead atoms. The molecule has 0 saturated heterocycles. The molecule has 0 spiro atoms. The first-order valence-electron chi connectivity index (χ1n) is 5.16. The van der Waals surface area contributed by atoms with E-state index < -0.39 is 17.5 Å². The minimum Gasteiger partial charge on any atom is -0.395 e. The Bertz CT molecular complexity index is 466. The van der Waals surface area contributed by atoms with E-state index >= 15 is 0 Å². The van der Waals surface area contributed by atoms with E-state index in [0.717, 1.165) is 12.1 Å². The minimum absolute atomic E-state index is 0.0557. The molecular weight excluding hydrogens is 264 g/mol. The van der Waals surface area contributed by atoms with Crippen LogP contribution >= 0.6 is 11.6 Å². The molecule has 1 aromatic carbocycles. The van der Waals surface area contributed by atoms with Crippen LogP contribution in [0.3, 0.4) is 0 Å². The van der Waals surface area contributed by atoms with Crippen LogP contribution in [0.5, 0.6) is 0 Å². The molecule has 1 N–H and O–H groups in total. The third-order valence-corrected chi connectivity index (χ3v) is 2.56. The largest absolute Gasteiger partial charge is 0.395 e. The Labute approximate surface area is 108 Å². The minimum atomic E-state index is -1.15. The SMILES string of the molecule is C=CCN(CCO)C(=O)c1cc(F)c(F)cc1Cl. The molecule has 0 fully saturated rings. The molecule has 0 aliphatic heterocycles. The average Bonchev–Trinajstić information content (AvgIpc) is 2.33. The summed E-state index contributed by atoms with van der Waals surface area (Å²) in [5.74, 6) is -2.85. The molecule has 1 amide bonds. The quantitative estimate of drug-likeness (QED) is 0.661. The molecule has 0 saturated carbocycles. The van der Waals surface area contributed by atoms with E-state index in [1.165, 1.54) is 11.0 Å². The van der Waals surface area contributed by atoms with Crippen molar-refractivity contribution in [1.82, 2.24) is 4.90 Å². The summed E-state index contributed by atoms with van der Waals surface area (Å²) in [6, 6.07) is 1.49. The molecule has 0 aromatic heterocycles. The Morgan fingerprint density at radius 2 is 2.06 bits per heavy atom. The lowest BCUT2D eigenvalue weighted by Gasteiger charge is -2.20. The van der Waals surface area contributed by atoms with E-state index in [-0.39, 0.29) is 30.3 Å². The van der Waals surface area contributed by atoms with Gasteiger partial charge in [-0.3, -0.25) is 4.79 Å². The van der Waals surface area contributed by atoms with E-state index in [9.17, 15) is 13.6 Å². The molecule has 0 heterocycles. The summed E-state index contributed by atoms with van der Waals surface area (Å²) >= 11 is 5.70. The standard InChI is InChI=1S/C12H12ClF2NO2/c1-2-3-16(4-5-17)12(18)8-6-10(14)11(15)7-9(8)13/h2,6-7,17H,1,3-5H2. The Morgan fingerprint density at radius 3 is 2.61 bits per heavy atom. The number of hydrogen-bond donors (Lipinski definition) is 1. The fourth-order valence-electron chi connectivity index (χ4n) is 1.41. The smallest absolute Gasteiger partial charge is 0.255 e. The first kappa shape index (κ1) is 14.6. The van der Waals surface area contributed by atoms with Crippen molar-refractivity contribution < 1.29 is 18.7 Å². The maximum absolute atomic E-state index is 13.1. The van der Waals surface area contributed by atoms with Gasteiger partial charge in [-0.1, -0.05) is 17.7 Å². The molecule has 0 unspecified atom stereocenters. The third-order valence-electron chi connectivity index (χ3n) is 2.25. The second kappa shape index (κ2) is 6.47. The maximum atomic E-state index is 13.1. The van der Waals surface area contributed by atoms with E-state index in [0.29, 0.717) is 0 Å². The van der Waals surface area contributed by atoms with Crippen molar-refractivity contribution in [2.24, 2.45) is 0 Å². The molecule has 1 rings (SSSR count). The molecular formula is C12H12ClF2NO2. The second-order valence-corrected chi connectivity index (χ2v) is 3.92. The number of aliphatic hydroxyl groups excluding tert-OH is 1. The van der Waals surface area contributed by atoms with E-state index in [4.69, 9.17) is 16.7 Å². The van der Waals surface area contributed by atoms with Crippen LogP contribution in [-0.2, 0) is 0 Å². The number of halogens is 3. The van der Waals surface area contributed by atoms with E-state index in [1.807, 2.05) is 0 Å². The highest BCUT2D eigenvalue weighted by Gasteiger charge is 2.19. The number of rotatable bonds is 5. The normalized spacial score (nSPS) is 10.2. The molecule has 3 nitrogen and oxygen atoms in total. The van der Waals surface area contributed by atoms with Gasteiger partial charge in [-0.15, -0.1) is 6.58 Å². The predicted molar refractivity (Wildman–Crippen MR) is 64.6 cm³/mol. The summed E-state index contributed by atoms with van der Waals surface area (Å²) in [7, 11) is 0. The molecule has 6 heteroatoms. The Balaban J connectivity index is 3.07. The number of hydrogen-bond acceptors (Lipinski definition) is 2. The first-order chi connectivity index (χ1) is 8.51. The van der Waals surface area contributed by atoms with Crippen molar-refractivity contribution in [2.75, 3.05) is 19.7 Å². The van der Waals surface area contributed by atoms with Crippen molar-refractivity contribution >= 4 is 17.5 Å². The van der Waals surface area contributed by atoms with Gasteiger partial charge in [0.05, 0.1) is 17.2 Å². The van der Waals surface area contributed by atoms with Crippen LogP contribution in [0.2, 0.25) is 5.02 Å². The molecule has 1 aromatic rings. The topological polar surface area (TPSA) is 40.5 Å². The van der Waals surface area contributed by atoms with Crippen LogP contribution in [0.25, 0.3) is 0 Å². The van der Waals surface area contributed by atoms with Crippen molar-refractivity contribution in [2.45, 2.75) is 0 Å². The first-order valence-corrected chi connectivity index (χ1v) is 5.54. The van der Waals surface area contributed by atoms with Crippen LogP contribution < -0.4 is 0 Å². The van der Waals surface area contributed by atoms with Gasteiger partial charge in [-0.05, 0) is 12.1 Å². The fraction of sp³-hybridized carbons (Fsp3) is 0.250.